The molecule has 2 aromatic heterocycles. The van der Waals surface area contributed by atoms with Crippen LogP contribution in [0.4, 0.5) is 18.9 Å². The Bertz CT molecular complexity index is 1500. The second-order valence-corrected chi connectivity index (χ2v) is 10.3. The lowest BCUT2D eigenvalue weighted by Gasteiger charge is -2.11. The highest BCUT2D eigenvalue weighted by Crippen LogP contribution is 2.34. The number of alkyl halides is 4. The number of carbonyl (C=O) groups is 5. The van der Waals surface area contributed by atoms with E-state index in [1.807, 2.05) is 0 Å². The lowest BCUT2D eigenvalue weighted by Crippen LogP contribution is -2.28. The molecular formula is C27H27ClF3N5O7S. The van der Waals surface area contributed by atoms with Crippen LogP contribution in [0.25, 0.3) is 0 Å². The van der Waals surface area contributed by atoms with Gasteiger partial charge in [-0.25, -0.2) is 14.4 Å². The van der Waals surface area contributed by atoms with E-state index in [1.54, 1.807) is 36.5 Å². The Hall–Kier alpha value is -4.54. The summed E-state index contributed by atoms with van der Waals surface area (Å²) >= 11 is 7.19. The molecule has 0 radical (unpaired) electrons. The smallest absolute Gasteiger partial charge is 0.475 e. The van der Waals surface area contributed by atoms with Crippen molar-refractivity contribution < 1.29 is 47.0 Å². The van der Waals surface area contributed by atoms with Crippen LogP contribution < -0.4 is 22.5 Å². The van der Waals surface area contributed by atoms with Gasteiger partial charge in [0.05, 0.1) is 16.8 Å². The summed E-state index contributed by atoms with van der Waals surface area (Å²) in [4.78, 5) is 60.3. The third-order valence-electron chi connectivity index (χ3n) is 5.64. The highest BCUT2D eigenvalue weighted by Gasteiger charge is 2.38. The summed E-state index contributed by atoms with van der Waals surface area (Å²) in [5.41, 5.74) is 17.7. The van der Waals surface area contributed by atoms with Gasteiger partial charge in [0.15, 0.2) is 0 Å². The SMILES string of the molecule is NC(=O)c1sc2c(c1C(N)=O)CCCC2.NCc1cccc(C(=O)OC(=O)[C@H](Cl)Nc2cccnc2)c1.O=C(O)C(F)(F)F. The third-order valence-corrected chi connectivity index (χ3v) is 7.23. The summed E-state index contributed by atoms with van der Waals surface area (Å²) in [6.45, 7) is 0.287. The number of nitrogens with two attached hydrogens (primary N) is 3. The highest BCUT2D eigenvalue weighted by atomic mass is 35.5. The quantitative estimate of drug-likeness (QED) is 0.108. The number of thiophene rings is 1. The summed E-state index contributed by atoms with van der Waals surface area (Å²) < 4.78 is 36.5. The van der Waals surface area contributed by atoms with Crippen molar-refractivity contribution in [2.45, 2.75) is 43.9 Å². The number of primary amides is 2. The number of anilines is 1. The number of aryl methyl sites for hydroxylation is 1. The van der Waals surface area contributed by atoms with Gasteiger partial charge in [-0.2, -0.15) is 13.2 Å². The van der Waals surface area contributed by atoms with Crippen molar-refractivity contribution in [3.63, 3.8) is 0 Å². The molecular weight excluding hydrogens is 631 g/mol. The second-order valence-electron chi connectivity index (χ2n) is 8.81. The van der Waals surface area contributed by atoms with Crippen molar-refractivity contribution in [3.05, 3.63) is 80.8 Å². The largest absolute Gasteiger partial charge is 0.490 e. The van der Waals surface area contributed by atoms with E-state index < -0.39 is 41.4 Å². The maximum Gasteiger partial charge on any atom is 0.490 e. The number of hydrogen-bond donors (Lipinski definition) is 5. The number of aliphatic carboxylic acids is 1. The number of hydrogen-bond acceptors (Lipinski definition) is 10. The predicted molar refractivity (Wildman–Crippen MR) is 154 cm³/mol. The lowest BCUT2D eigenvalue weighted by molar-refractivity contribution is -0.192. The first-order valence-electron chi connectivity index (χ1n) is 12.6. The second kappa shape index (κ2) is 16.3. The Morgan fingerprint density at radius 1 is 1.07 bits per heavy atom. The molecule has 0 saturated heterocycles. The van der Waals surface area contributed by atoms with Crippen LogP contribution in [0.2, 0.25) is 0 Å². The van der Waals surface area contributed by atoms with Crippen molar-refractivity contribution in [2.24, 2.45) is 17.2 Å². The molecule has 1 atom stereocenters. The van der Waals surface area contributed by atoms with Crippen LogP contribution in [-0.4, -0.2) is 51.5 Å². The molecule has 2 heterocycles. The molecule has 1 aliphatic rings. The number of carboxylic acids is 1. The van der Waals surface area contributed by atoms with Crippen LogP contribution in [0, 0.1) is 0 Å². The van der Waals surface area contributed by atoms with Crippen molar-refractivity contribution in [1.82, 2.24) is 4.98 Å². The number of carbonyl (C=O) groups excluding carboxylic acids is 4. The van der Waals surface area contributed by atoms with E-state index in [2.05, 4.69) is 10.3 Å². The van der Waals surface area contributed by atoms with Crippen LogP contribution in [-0.2, 0) is 33.7 Å². The number of ether oxygens (including phenoxy) is 1. The monoisotopic (exact) mass is 657 g/mol. The molecule has 0 bridgehead atoms. The molecule has 0 spiro atoms. The Morgan fingerprint density at radius 3 is 2.27 bits per heavy atom. The fourth-order valence-electron chi connectivity index (χ4n) is 3.68. The number of nitrogens with one attached hydrogen (secondary N) is 1. The Kier molecular flexibility index (Phi) is 13.2. The summed E-state index contributed by atoms with van der Waals surface area (Å²) in [5, 5.41) is 9.80. The molecule has 2 amide bonds. The van der Waals surface area contributed by atoms with Crippen LogP contribution in [0.15, 0.2) is 48.8 Å². The van der Waals surface area contributed by atoms with Crippen molar-refractivity contribution >= 4 is 58.3 Å². The van der Waals surface area contributed by atoms with Gasteiger partial charge in [-0.1, -0.05) is 23.7 Å². The van der Waals surface area contributed by atoms with E-state index in [-0.39, 0.29) is 12.1 Å². The van der Waals surface area contributed by atoms with Gasteiger partial charge in [-0.3, -0.25) is 14.6 Å². The number of nitrogens with zero attached hydrogens (tertiary/aromatic N) is 1. The number of fused-ring (bicyclic) bond motifs is 1. The van der Waals surface area contributed by atoms with Gasteiger partial charge >= 0.3 is 24.1 Å². The molecule has 4 rings (SSSR count). The van der Waals surface area contributed by atoms with E-state index in [9.17, 15) is 32.3 Å². The van der Waals surface area contributed by atoms with Crippen molar-refractivity contribution in [1.29, 1.82) is 0 Å². The predicted octanol–water partition coefficient (Wildman–Crippen LogP) is 3.36. The molecule has 1 aliphatic carbocycles. The van der Waals surface area contributed by atoms with E-state index in [4.69, 9.17) is 43.4 Å². The molecule has 1 aromatic carbocycles. The first-order valence-corrected chi connectivity index (χ1v) is 13.8. The summed E-state index contributed by atoms with van der Waals surface area (Å²) in [6, 6.07) is 9.89. The van der Waals surface area contributed by atoms with Gasteiger partial charge in [-0.05, 0) is 61.1 Å². The fraction of sp³-hybridized carbons (Fsp3) is 0.259. The first-order chi connectivity index (χ1) is 20.6. The van der Waals surface area contributed by atoms with Gasteiger partial charge in [0.25, 0.3) is 11.8 Å². The maximum absolute atomic E-state index is 11.9. The molecule has 3 aromatic rings. The number of benzene rings is 1. The number of aromatic nitrogens is 1. The topological polar surface area (TPSA) is 218 Å². The normalized spacial score (nSPS) is 12.6. The zero-order chi connectivity index (χ0) is 33.0. The average molecular weight is 658 g/mol. The van der Waals surface area contributed by atoms with E-state index >= 15 is 0 Å². The minimum absolute atomic E-state index is 0.238. The average Bonchev–Trinajstić information content (AvgIpc) is 3.38. The highest BCUT2D eigenvalue weighted by molar-refractivity contribution is 7.14. The van der Waals surface area contributed by atoms with Gasteiger partial charge in [0.2, 0.25) is 5.50 Å². The van der Waals surface area contributed by atoms with Crippen LogP contribution in [0.5, 0.6) is 0 Å². The lowest BCUT2D eigenvalue weighted by atomic mass is 9.94. The fourth-order valence-corrected chi connectivity index (χ4v) is 5.10. The molecule has 17 heteroatoms. The number of esters is 2. The van der Waals surface area contributed by atoms with Crippen LogP contribution in [0.1, 0.15) is 59.2 Å². The van der Waals surface area contributed by atoms with Gasteiger partial charge < -0.3 is 32.4 Å². The summed E-state index contributed by atoms with van der Waals surface area (Å²) in [7, 11) is 0. The van der Waals surface area contributed by atoms with Gasteiger partial charge in [0.1, 0.15) is 4.88 Å². The van der Waals surface area contributed by atoms with E-state index in [0.29, 0.717) is 16.1 Å². The summed E-state index contributed by atoms with van der Waals surface area (Å²) in [5.74, 6) is -5.52. The van der Waals surface area contributed by atoms with Gasteiger partial charge in [-0.15, -0.1) is 11.3 Å². The Labute approximate surface area is 257 Å². The van der Waals surface area contributed by atoms with E-state index in [0.717, 1.165) is 41.7 Å². The molecule has 8 N–H and O–H groups in total. The molecule has 12 nitrogen and oxygen atoms in total. The Balaban J connectivity index is 0.000000264. The van der Waals surface area contributed by atoms with E-state index in [1.165, 1.54) is 23.6 Å². The number of carboxylic acid groups (broad SMARTS) is 1. The van der Waals surface area contributed by atoms with Crippen molar-refractivity contribution in [2.75, 3.05) is 5.32 Å². The van der Waals surface area contributed by atoms with Gasteiger partial charge in [0, 0.05) is 23.8 Å². The minimum atomic E-state index is -5.08. The standard InChI is InChI=1S/C15H14ClN3O3.C10H12N2O2S.C2HF3O2/c16-13(19-12-5-2-6-18-9-12)15(21)22-14(20)11-4-1-3-10(7-11)8-17;11-9(13)7-5-3-1-2-4-6(5)15-8(7)10(12)14;3-2(4,5)1(6)7/h1-7,9,13,19H,8,17H2;1-4H2,(H2,11,13)(H2,12,14);(H,6,7)/t13-;;/m1../s1. The summed E-state index contributed by atoms with van der Waals surface area (Å²) in [6.07, 6.45) is 1.90. The molecule has 0 saturated carbocycles. The van der Waals surface area contributed by atoms with Crippen LogP contribution in [0.3, 0.4) is 0 Å². The number of pyridine rings is 1. The zero-order valence-corrected chi connectivity index (χ0v) is 24.3. The number of halogens is 4. The van der Waals surface area contributed by atoms with Crippen LogP contribution >= 0.6 is 22.9 Å². The Morgan fingerprint density at radius 2 is 1.73 bits per heavy atom. The van der Waals surface area contributed by atoms with Crippen molar-refractivity contribution in [3.8, 4) is 0 Å². The number of rotatable bonds is 7. The molecule has 44 heavy (non-hydrogen) atoms. The maximum atomic E-state index is 11.9. The number of amides is 2. The molecule has 0 unspecified atom stereocenters. The minimum Gasteiger partial charge on any atom is -0.475 e. The molecule has 0 aliphatic heterocycles. The molecule has 0 fully saturated rings. The molecule has 236 valence electrons. The first kappa shape index (κ1) is 35.7. The third kappa shape index (κ3) is 10.6. The zero-order valence-electron chi connectivity index (χ0n) is 22.7.